The molecule has 2 heteroatoms. The summed E-state index contributed by atoms with van der Waals surface area (Å²) < 4.78 is 5.66. The second-order valence-corrected chi connectivity index (χ2v) is 3.91. The predicted molar refractivity (Wildman–Crippen MR) is 69.1 cm³/mol. The molecular formula is C14H23NO. The van der Waals surface area contributed by atoms with Gasteiger partial charge in [0.05, 0.1) is 6.61 Å². The van der Waals surface area contributed by atoms with Crippen LogP contribution < -0.4 is 10.1 Å². The lowest BCUT2D eigenvalue weighted by Crippen LogP contribution is -2.14. The number of rotatable bonds is 8. The van der Waals surface area contributed by atoms with Crippen molar-refractivity contribution in [2.75, 3.05) is 19.7 Å². The Kier molecular flexibility index (Phi) is 6.66. The highest BCUT2D eigenvalue weighted by Gasteiger charge is 1.94. The molecule has 0 atom stereocenters. The topological polar surface area (TPSA) is 21.3 Å². The van der Waals surface area contributed by atoms with Gasteiger partial charge in [-0.25, -0.2) is 0 Å². The quantitative estimate of drug-likeness (QED) is 0.681. The third kappa shape index (κ3) is 5.17. The van der Waals surface area contributed by atoms with E-state index in [1.165, 1.54) is 12.0 Å². The summed E-state index contributed by atoms with van der Waals surface area (Å²) in [4.78, 5) is 0. The third-order valence-corrected chi connectivity index (χ3v) is 2.60. The Hall–Kier alpha value is -1.02. The number of unbranched alkanes of at least 4 members (excludes halogenated alkanes) is 1. The molecule has 1 aromatic rings. The van der Waals surface area contributed by atoms with Gasteiger partial charge in [-0.3, -0.25) is 0 Å². The van der Waals surface area contributed by atoms with E-state index >= 15 is 0 Å². The average Bonchev–Trinajstić information content (AvgIpc) is 2.34. The van der Waals surface area contributed by atoms with Crippen molar-refractivity contribution in [3.8, 4) is 5.75 Å². The maximum absolute atomic E-state index is 5.66. The number of benzene rings is 1. The van der Waals surface area contributed by atoms with E-state index in [4.69, 9.17) is 4.74 Å². The third-order valence-electron chi connectivity index (χ3n) is 2.60. The van der Waals surface area contributed by atoms with Gasteiger partial charge in [0, 0.05) is 0 Å². The van der Waals surface area contributed by atoms with Crippen LogP contribution in [0.15, 0.2) is 24.3 Å². The molecule has 0 saturated carbocycles. The number of hydrogen-bond acceptors (Lipinski definition) is 2. The van der Waals surface area contributed by atoms with Crippen molar-refractivity contribution in [2.24, 2.45) is 0 Å². The Labute approximate surface area is 99.0 Å². The van der Waals surface area contributed by atoms with Gasteiger partial charge in [-0.15, -0.1) is 0 Å². The number of hydrogen-bond donors (Lipinski definition) is 1. The molecule has 90 valence electrons. The highest BCUT2D eigenvalue weighted by Crippen LogP contribution is 2.12. The minimum atomic E-state index is 0.816. The van der Waals surface area contributed by atoms with Crippen LogP contribution in [0.2, 0.25) is 0 Å². The molecule has 0 heterocycles. The number of ether oxygens (including phenoxy) is 1. The molecule has 0 saturated heterocycles. The summed E-state index contributed by atoms with van der Waals surface area (Å²) in [7, 11) is 0. The molecule has 0 aliphatic heterocycles. The van der Waals surface area contributed by atoms with Crippen LogP contribution in [-0.4, -0.2) is 19.7 Å². The van der Waals surface area contributed by atoms with E-state index in [2.05, 4.69) is 43.4 Å². The molecule has 0 bridgehead atoms. The highest BCUT2D eigenvalue weighted by molar-refractivity contribution is 5.27. The van der Waals surface area contributed by atoms with Gasteiger partial charge in [-0.1, -0.05) is 26.0 Å². The maximum atomic E-state index is 5.66. The zero-order valence-corrected chi connectivity index (χ0v) is 10.5. The molecule has 0 unspecified atom stereocenters. The molecule has 0 aromatic heterocycles. The molecule has 1 rings (SSSR count). The van der Waals surface area contributed by atoms with E-state index in [-0.39, 0.29) is 0 Å². The summed E-state index contributed by atoms with van der Waals surface area (Å²) in [6.45, 7) is 7.26. The summed E-state index contributed by atoms with van der Waals surface area (Å²) in [6, 6.07) is 8.38. The maximum Gasteiger partial charge on any atom is 0.119 e. The molecule has 0 aliphatic carbocycles. The average molecular weight is 221 g/mol. The van der Waals surface area contributed by atoms with Gasteiger partial charge in [0.25, 0.3) is 0 Å². The molecule has 1 aromatic carbocycles. The Morgan fingerprint density at radius 1 is 1.06 bits per heavy atom. The van der Waals surface area contributed by atoms with Crippen LogP contribution in [-0.2, 0) is 6.42 Å². The molecule has 0 amide bonds. The summed E-state index contributed by atoms with van der Waals surface area (Å²) in [5.41, 5.74) is 1.36. The molecule has 1 N–H and O–H groups in total. The predicted octanol–water partition coefficient (Wildman–Crippen LogP) is 3.02. The van der Waals surface area contributed by atoms with Gasteiger partial charge >= 0.3 is 0 Å². The second kappa shape index (κ2) is 8.17. The number of aryl methyl sites for hydroxylation is 1. The van der Waals surface area contributed by atoms with E-state index in [0.29, 0.717) is 0 Å². The highest BCUT2D eigenvalue weighted by atomic mass is 16.5. The van der Waals surface area contributed by atoms with Crippen molar-refractivity contribution < 1.29 is 4.74 Å². The molecule has 0 radical (unpaired) electrons. The second-order valence-electron chi connectivity index (χ2n) is 3.91. The lowest BCUT2D eigenvalue weighted by Gasteiger charge is -2.06. The molecule has 2 nitrogen and oxygen atoms in total. The number of nitrogens with one attached hydrogen (secondary N) is 1. The van der Waals surface area contributed by atoms with Crippen LogP contribution in [0.4, 0.5) is 0 Å². The first kappa shape index (κ1) is 13.0. The Morgan fingerprint density at radius 2 is 1.81 bits per heavy atom. The van der Waals surface area contributed by atoms with Crippen LogP contribution in [0.1, 0.15) is 32.3 Å². The first-order valence-corrected chi connectivity index (χ1v) is 6.29. The summed E-state index contributed by atoms with van der Waals surface area (Å²) >= 11 is 0. The van der Waals surface area contributed by atoms with E-state index in [1.807, 2.05) is 0 Å². The lowest BCUT2D eigenvalue weighted by atomic mass is 10.2. The lowest BCUT2D eigenvalue weighted by molar-refractivity contribution is 0.306. The fraction of sp³-hybridized carbons (Fsp3) is 0.571. The van der Waals surface area contributed by atoms with E-state index < -0.39 is 0 Å². The van der Waals surface area contributed by atoms with Gasteiger partial charge < -0.3 is 10.1 Å². The minimum Gasteiger partial charge on any atom is -0.494 e. The summed E-state index contributed by atoms with van der Waals surface area (Å²) in [6.07, 6.45) is 3.38. The fourth-order valence-electron chi connectivity index (χ4n) is 1.54. The standard InChI is InChI=1S/C14H23NO/c1-3-13-7-9-14(10-8-13)16-12-6-5-11-15-4-2/h7-10,15H,3-6,11-12H2,1-2H3. The monoisotopic (exact) mass is 221 g/mol. The van der Waals surface area contributed by atoms with Crippen molar-refractivity contribution in [1.29, 1.82) is 0 Å². The zero-order valence-electron chi connectivity index (χ0n) is 10.5. The largest absolute Gasteiger partial charge is 0.494 e. The van der Waals surface area contributed by atoms with Crippen LogP contribution in [0, 0.1) is 0 Å². The van der Waals surface area contributed by atoms with Crippen LogP contribution in [0.25, 0.3) is 0 Å². The van der Waals surface area contributed by atoms with Crippen molar-refractivity contribution in [3.63, 3.8) is 0 Å². The minimum absolute atomic E-state index is 0.816. The van der Waals surface area contributed by atoms with Crippen LogP contribution >= 0.6 is 0 Å². The molecule has 0 fully saturated rings. The smallest absolute Gasteiger partial charge is 0.119 e. The van der Waals surface area contributed by atoms with Gasteiger partial charge in [0.15, 0.2) is 0 Å². The van der Waals surface area contributed by atoms with Crippen molar-refractivity contribution >= 4 is 0 Å². The summed E-state index contributed by atoms with van der Waals surface area (Å²) in [5.74, 6) is 0.987. The molecule has 0 spiro atoms. The van der Waals surface area contributed by atoms with Crippen molar-refractivity contribution in [3.05, 3.63) is 29.8 Å². The Balaban J connectivity index is 2.12. The van der Waals surface area contributed by atoms with Gasteiger partial charge in [0.2, 0.25) is 0 Å². The van der Waals surface area contributed by atoms with Crippen LogP contribution in [0.5, 0.6) is 5.75 Å². The van der Waals surface area contributed by atoms with Gasteiger partial charge in [-0.2, -0.15) is 0 Å². The van der Waals surface area contributed by atoms with Crippen LogP contribution in [0.3, 0.4) is 0 Å². The van der Waals surface area contributed by atoms with E-state index in [1.54, 1.807) is 0 Å². The Bertz CT molecular complexity index is 269. The fourth-order valence-corrected chi connectivity index (χ4v) is 1.54. The Morgan fingerprint density at radius 3 is 2.44 bits per heavy atom. The molecule has 0 aliphatic rings. The van der Waals surface area contributed by atoms with E-state index in [9.17, 15) is 0 Å². The van der Waals surface area contributed by atoms with Gasteiger partial charge in [-0.05, 0) is 50.0 Å². The molecule has 16 heavy (non-hydrogen) atoms. The SMILES string of the molecule is CCNCCCCOc1ccc(CC)cc1. The molecular weight excluding hydrogens is 198 g/mol. The first-order chi connectivity index (χ1) is 7.86. The van der Waals surface area contributed by atoms with E-state index in [0.717, 1.165) is 38.3 Å². The zero-order chi connectivity index (χ0) is 11.6. The van der Waals surface area contributed by atoms with Crippen molar-refractivity contribution in [2.45, 2.75) is 33.1 Å². The van der Waals surface area contributed by atoms with Gasteiger partial charge in [0.1, 0.15) is 5.75 Å². The summed E-state index contributed by atoms with van der Waals surface area (Å²) in [5, 5.41) is 3.31. The van der Waals surface area contributed by atoms with Crippen molar-refractivity contribution in [1.82, 2.24) is 5.32 Å². The first-order valence-electron chi connectivity index (χ1n) is 6.29. The normalized spacial score (nSPS) is 10.4.